The van der Waals surface area contributed by atoms with Crippen LogP contribution in [0, 0.1) is 0 Å². The predicted octanol–water partition coefficient (Wildman–Crippen LogP) is 0.0755. The second kappa shape index (κ2) is 5.86. The molecule has 1 atom stereocenters. The summed E-state index contributed by atoms with van der Waals surface area (Å²) in [5.74, 6) is -0.623. The summed E-state index contributed by atoms with van der Waals surface area (Å²) in [4.78, 5) is 23.5. The summed E-state index contributed by atoms with van der Waals surface area (Å²) >= 11 is 6.17. The molecule has 2 N–H and O–H groups in total. The molecule has 0 saturated carbocycles. The van der Waals surface area contributed by atoms with Crippen LogP contribution < -0.4 is 5.32 Å². The van der Waals surface area contributed by atoms with E-state index in [0.717, 1.165) is 0 Å². The van der Waals surface area contributed by atoms with Crippen LogP contribution in [0.4, 0.5) is 0 Å². The number of hydrogen-bond acceptors (Lipinski definition) is 4. The fraction of sp³-hybridized carbons (Fsp3) is 0.444. The first kappa shape index (κ1) is 13.0. The van der Waals surface area contributed by atoms with Crippen molar-refractivity contribution in [3.63, 3.8) is 0 Å². The van der Waals surface area contributed by atoms with Gasteiger partial charge in [-0.05, 0) is 12.2 Å². The van der Waals surface area contributed by atoms with Gasteiger partial charge in [-0.3, -0.25) is 14.5 Å². The Morgan fingerprint density at radius 2 is 2.44 bits per heavy atom. The molecule has 0 aromatic carbocycles. The van der Waals surface area contributed by atoms with Crippen LogP contribution in [0.15, 0.2) is 12.7 Å². The lowest BCUT2D eigenvalue weighted by Crippen LogP contribution is -2.32. The molecular formula is C9H12N2O3S2. The molecule has 1 amide bonds. The van der Waals surface area contributed by atoms with E-state index >= 15 is 0 Å². The fourth-order valence-corrected chi connectivity index (χ4v) is 2.32. The molecule has 0 bridgehead atoms. The smallest absolute Gasteiger partial charge is 0.313 e. The van der Waals surface area contributed by atoms with Crippen LogP contribution in [0.5, 0.6) is 0 Å². The second-order valence-corrected chi connectivity index (χ2v) is 4.57. The van der Waals surface area contributed by atoms with Crippen LogP contribution in [0.1, 0.15) is 0 Å². The third-order valence-corrected chi connectivity index (χ3v) is 3.29. The SMILES string of the molecule is C=CCN1C(=O)[C@@H](CSCC(=O)O)NC1=S. The zero-order valence-electron chi connectivity index (χ0n) is 8.51. The van der Waals surface area contributed by atoms with Crippen molar-refractivity contribution in [1.82, 2.24) is 10.2 Å². The van der Waals surface area contributed by atoms with Gasteiger partial charge in [-0.2, -0.15) is 0 Å². The summed E-state index contributed by atoms with van der Waals surface area (Å²) in [5.41, 5.74) is 0. The Kier molecular flexibility index (Phi) is 4.75. The number of thiocarbonyl (C=S) groups is 1. The summed E-state index contributed by atoms with van der Waals surface area (Å²) in [6.45, 7) is 3.92. The van der Waals surface area contributed by atoms with E-state index in [1.807, 2.05) is 0 Å². The molecule has 0 aromatic rings. The lowest BCUT2D eigenvalue weighted by atomic mass is 10.3. The van der Waals surface area contributed by atoms with Gasteiger partial charge in [-0.25, -0.2) is 0 Å². The summed E-state index contributed by atoms with van der Waals surface area (Å²) in [6, 6.07) is -0.420. The molecule has 16 heavy (non-hydrogen) atoms. The van der Waals surface area contributed by atoms with Crippen molar-refractivity contribution in [3.8, 4) is 0 Å². The minimum Gasteiger partial charge on any atom is -0.481 e. The van der Waals surface area contributed by atoms with Gasteiger partial charge in [0.2, 0.25) is 0 Å². The van der Waals surface area contributed by atoms with Crippen LogP contribution in [0.3, 0.4) is 0 Å². The highest BCUT2D eigenvalue weighted by Crippen LogP contribution is 2.12. The van der Waals surface area contributed by atoms with Gasteiger partial charge >= 0.3 is 5.97 Å². The van der Waals surface area contributed by atoms with E-state index in [1.165, 1.54) is 16.7 Å². The average molecular weight is 260 g/mol. The lowest BCUT2D eigenvalue weighted by molar-refractivity contribution is -0.134. The maximum atomic E-state index is 11.7. The molecule has 0 aliphatic carbocycles. The molecule has 1 saturated heterocycles. The van der Waals surface area contributed by atoms with Crippen LogP contribution in [-0.4, -0.2) is 51.1 Å². The Bertz CT molecular complexity index is 333. The number of nitrogens with zero attached hydrogens (tertiary/aromatic N) is 1. The summed E-state index contributed by atoms with van der Waals surface area (Å²) in [5, 5.41) is 11.7. The van der Waals surface area contributed by atoms with E-state index < -0.39 is 12.0 Å². The monoisotopic (exact) mass is 260 g/mol. The highest BCUT2D eigenvalue weighted by molar-refractivity contribution is 8.00. The van der Waals surface area contributed by atoms with Gasteiger partial charge in [0.25, 0.3) is 5.91 Å². The van der Waals surface area contributed by atoms with Gasteiger partial charge in [0.15, 0.2) is 5.11 Å². The first-order valence-electron chi connectivity index (χ1n) is 4.58. The fourth-order valence-electron chi connectivity index (χ4n) is 1.26. The van der Waals surface area contributed by atoms with E-state index in [2.05, 4.69) is 11.9 Å². The summed E-state index contributed by atoms with van der Waals surface area (Å²) in [7, 11) is 0. The van der Waals surface area contributed by atoms with Crippen molar-refractivity contribution in [3.05, 3.63) is 12.7 Å². The van der Waals surface area contributed by atoms with Gasteiger partial charge in [0.05, 0.1) is 5.75 Å². The molecule has 1 aliphatic heterocycles. The first-order chi connectivity index (χ1) is 7.56. The molecule has 1 rings (SSSR count). The average Bonchev–Trinajstić information content (AvgIpc) is 2.46. The summed E-state index contributed by atoms with van der Waals surface area (Å²) < 4.78 is 0. The molecule has 0 radical (unpaired) electrons. The molecule has 1 aliphatic rings. The van der Waals surface area contributed by atoms with Crippen LogP contribution in [0.2, 0.25) is 0 Å². The Labute approximate surface area is 103 Å². The predicted molar refractivity (Wildman–Crippen MR) is 66.4 cm³/mol. The number of thioether (sulfide) groups is 1. The Balaban J connectivity index is 2.45. The number of carboxylic acid groups (broad SMARTS) is 1. The normalized spacial score (nSPS) is 19.8. The standard InChI is InChI=1S/C9H12N2O3S2/c1-2-3-11-8(14)6(10-9(11)15)4-16-5-7(12)13/h2,6H,1,3-5H2,(H,10,15)(H,12,13)/t6-/m1/s1. The number of amides is 1. The van der Waals surface area contributed by atoms with E-state index in [0.29, 0.717) is 17.4 Å². The molecule has 88 valence electrons. The Morgan fingerprint density at radius 1 is 1.75 bits per heavy atom. The molecule has 7 heteroatoms. The number of carboxylic acids is 1. The maximum absolute atomic E-state index is 11.7. The highest BCUT2D eigenvalue weighted by atomic mass is 32.2. The number of carbonyl (C=O) groups excluding carboxylic acids is 1. The number of nitrogens with one attached hydrogen (secondary N) is 1. The van der Waals surface area contributed by atoms with E-state index in [9.17, 15) is 9.59 Å². The molecule has 1 heterocycles. The zero-order chi connectivity index (χ0) is 12.1. The van der Waals surface area contributed by atoms with E-state index in [1.54, 1.807) is 6.08 Å². The number of rotatable bonds is 6. The largest absolute Gasteiger partial charge is 0.481 e. The van der Waals surface area contributed by atoms with E-state index in [-0.39, 0.29) is 11.7 Å². The van der Waals surface area contributed by atoms with Crippen molar-refractivity contribution in [2.75, 3.05) is 18.1 Å². The molecule has 1 fully saturated rings. The van der Waals surface area contributed by atoms with Gasteiger partial charge < -0.3 is 10.4 Å². The van der Waals surface area contributed by atoms with E-state index in [4.69, 9.17) is 17.3 Å². The first-order valence-corrected chi connectivity index (χ1v) is 6.15. The van der Waals surface area contributed by atoms with Gasteiger partial charge in [-0.1, -0.05) is 6.08 Å². The van der Waals surface area contributed by atoms with Gasteiger partial charge in [-0.15, -0.1) is 18.3 Å². The van der Waals surface area contributed by atoms with Crippen LogP contribution >= 0.6 is 24.0 Å². The Hall–Kier alpha value is -1.08. The van der Waals surface area contributed by atoms with Crippen molar-refractivity contribution in [1.29, 1.82) is 0 Å². The molecule has 0 spiro atoms. The third-order valence-electron chi connectivity index (χ3n) is 1.93. The molecule has 0 unspecified atom stereocenters. The number of hydrogen-bond donors (Lipinski definition) is 2. The van der Waals surface area contributed by atoms with Crippen molar-refractivity contribution >= 4 is 41.0 Å². The molecular weight excluding hydrogens is 248 g/mol. The molecule has 0 aromatic heterocycles. The van der Waals surface area contributed by atoms with Crippen molar-refractivity contribution in [2.24, 2.45) is 0 Å². The third kappa shape index (κ3) is 3.21. The maximum Gasteiger partial charge on any atom is 0.313 e. The number of carbonyl (C=O) groups is 2. The zero-order valence-corrected chi connectivity index (χ0v) is 10.1. The minimum atomic E-state index is -0.888. The minimum absolute atomic E-state index is 0.0142. The number of aliphatic carboxylic acids is 1. The van der Waals surface area contributed by atoms with Crippen LogP contribution in [0.25, 0.3) is 0 Å². The quantitative estimate of drug-likeness (QED) is 0.520. The molecule has 5 nitrogen and oxygen atoms in total. The lowest BCUT2D eigenvalue weighted by Gasteiger charge is -2.11. The second-order valence-electron chi connectivity index (χ2n) is 3.15. The van der Waals surface area contributed by atoms with Gasteiger partial charge in [0.1, 0.15) is 6.04 Å². The van der Waals surface area contributed by atoms with Crippen molar-refractivity contribution in [2.45, 2.75) is 6.04 Å². The van der Waals surface area contributed by atoms with Gasteiger partial charge in [0, 0.05) is 12.3 Å². The topological polar surface area (TPSA) is 69.6 Å². The van der Waals surface area contributed by atoms with Crippen molar-refractivity contribution < 1.29 is 14.7 Å². The Morgan fingerprint density at radius 3 is 3.00 bits per heavy atom. The summed E-state index contributed by atoms with van der Waals surface area (Å²) in [6.07, 6.45) is 1.60. The highest BCUT2D eigenvalue weighted by Gasteiger charge is 2.34. The van der Waals surface area contributed by atoms with Crippen LogP contribution in [-0.2, 0) is 9.59 Å².